The summed E-state index contributed by atoms with van der Waals surface area (Å²) < 4.78 is 4.66. The molecular weight excluding hydrogens is 657 g/mol. The molecule has 0 radical (unpaired) electrons. The van der Waals surface area contributed by atoms with Gasteiger partial charge in [0, 0.05) is 38.7 Å². The summed E-state index contributed by atoms with van der Waals surface area (Å²) in [6.07, 6.45) is 0. The zero-order valence-electron chi connectivity index (χ0n) is 29.3. The SMILES string of the molecule is c1ccc(-c2nc(-c3cccc(-c4ccc5c(c4)c4c6ccccc6ccc4n5-c4ccccc4)c3)nc3c2c2ccccc2n3-c2ccccc2)cc1. The van der Waals surface area contributed by atoms with Crippen molar-refractivity contribution in [3.63, 3.8) is 0 Å². The van der Waals surface area contributed by atoms with Gasteiger partial charge in [0.1, 0.15) is 5.65 Å². The molecule has 3 aromatic heterocycles. The summed E-state index contributed by atoms with van der Waals surface area (Å²) in [5.74, 6) is 0.691. The quantitative estimate of drug-likeness (QED) is 0.180. The number of nitrogens with zero attached hydrogens (tertiary/aromatic N) is 4. The van der Waals surface area contributed by atoms with E-state index < -0.39 is 0 Å². The molecule has 54 heavy (non-hydrogen) atoms. The van der Waals surface area contributed by atoms with Gasteiger partial charge in [0.05, 0.1) is 27.6 Å². The Bertz CT molecular complexity index is 3200. The summed E-state index contributed by atoms with van der Waals surface area (Å²) in [6.45, 7) is 0. The molecule has 0 saturated carbocycles. The maximum atomic E-state index is 5.39. The molecule has 0 bridgehead atoms. The Morgan fingerprint density at radius 2 is 0.926 bits per heavy atom. The van der Waals surface area contributed by atoms with Crippen LogP contribution >= 0.6 is 0 Å². The van der Waals surface area contributed by atoms with Gasteiger partial charge in [-0.25, -0.2) is 9.97 Å². The van der Waals surface area contributed by atoms with Crippen molar-refractivity contribution in [3.8, 4) is 45.1 Å². The van der Waals surface area contributed by atoms with Crippen molar-refractivity contribution >= 4 is 54.5 Å². The van der Waals surface area contributed by atoms with Crippen LogP contribution in [-0.2, 0) is 0 Å². The molecule has 11 rings (SSSR count). The highest BCUT2D eigenvalue weighted by molar-refractivity contribution is 6.22. The van der Waals surface area contributed by atoms with Crippen molar-refractivity contribution in [3.05, 3.63) is 194 Å². The van der Waals surface area contributed by atoms with E-state index in [0.29, 0.717) is 5.82 Å². The van der Waals surface area contributed by atoms with E-state index in [-0.39, 0.29) is 0 Å². The first-order chi connectivity index (χ1) is 26.8. The lowest BCUT2D eigenvalue weighted by atomic mass is 9.98. The predicted molar refractivity (Wildman–Crippen MR) is 225 cm³/mol. The minimum absolute atomic E-state index is 0.691. The van der Waals surface area contributed by atoms with Crippen LogP contribution in [0.4, 0.5) is 0 Å². The van der Waals surface area contributed by atoms with Gasteiger partial charge in [0.15, 0.2) is 5.82 Å². The fraction of sp³-hybridized carbons (Fsp3) is 0. The van der Waals surface area contributed by atoms with E-state index in [1.165, 1.54) is 32.6 Å². The topological polar surface area (TPSA) is 35.6 Å². The van der Waals surface area contributed by atoms with Crippen LogP contribution in [0, 0.1) is 0 Å². The van der Waals surface area contributed by atoms with E-state index >= 15 is 0 Å². The summed E-state index contributed by atoms with van der Waals surface area (Å²) in [7, 11) is 0. The molecule has 0 atom stereocenters. The first-order valence-electron chi connectivity index (χ1n) is 18.3. The van der Waals surface area contributed by atoms with Crippen LogP contribution in [-0.4, -0.2) is 19.1 Å². The van der Waals surface area contributed by atoms with Gasteiger partial charge in [-0.3, -0.25) is 4.57 Å². The molecule has 11 aromatic rings. The number of hydrogen-bond acceptors (Lipinski definition) is 2. The number of aromatic nitrogens is 4. The zero-order valence-corrected chi connectivity index (χ0v) is 29.3. The first-order valence-corrected chi connectivity index (χ1v) is 18.3. The summed E-state index contributed by atoms with van der Waals surface area (Å²) in [6, 6.07) is 68.9. The van der Waals surface area contributed by atoms with Crippen molar-refractivity contribution < 1.29 is 0 Å². The van der Waals surface area contributed by atoms with Gasteiger partial charge >= 0.3 is 0 Å². The van der Waals surface area contributed by atoms with E-state index in [4.69, 9.17) is 9.97 Å². The lowest BCUT2D eigenvalue weighted by Crippen LogP contribution is -1.99. The molecule has 8 aromatic carbocycles. The smallest absolute Gasteiger partial charge is 0.162 e. The van der Waals surface area contributed by atoms with Crippen molar-refractivity contribution in [1.82, 2.24) is 19.1 Å². The van der Waals surface area contributed by atoms with E-state index in [2.05, 4.69) is 203 Å². The third-order valence-electron chi connectivity index (χ3n) is 10.7. The van der Waals surface area contributed by atoms with E-state index in [9.17, 15) is 0 Å². The Hall–Kier alpha value is -7.30. The summed E-state index contributed by atoms with van der Waals surface area (Å²) in [4.78, 5) is 10.8. The van der Waals surface area contributed by atoms with Gasteiger partial charge in [-0.2, -0.15) is 0 Å². The fourth-order valence-corrected chi connectivity index (χ4v) is 8.29. The molecule has 4 nitrogen and oxygen atoms in total. The minimum atomic E-state index is 0.691. The molecule has 4 heteroatoms. The van der Waals surface area contributed by atoms with Gasteiger partial charge < -0.3 is 4.57 Å². The van der Waals surface area contributed by atoms with Gasteiger partial charge in [-0.05, 0) is 76.5 Å². The van der Waals surface area contributed by atoms with Crippen LogP contribution < -0.4 is 0 Å². The Balaban J connectivity index is 1.14. The molecule has 0 unspecified atom stereocenters. The maximum absolute atomic E-state index is 5.39. The third kappa shape index (κ3) is 4.70. The monoisotopic (exact) mass is 688 g/mol. The number of para-hydroxylation sites is 3. The molecule has 0 aliphatic heterocycles. The Morgan fingerprint density at radius 1 is 0.333 bits per heavy atom. The fourth-order valence-electron chi connectivity index (χ4n) is 8.29. The lowest BCUT2D eigenvalue weighted by Gasteiger charge is -2.11. The lowest BCUT2D eigenvalue weighted by molar-refractivity contribution is 1.11. The highest BCUT2D eigenvalue weighted by Crippen LogP contribution is 2.41. The Kier molecular flexibility index (Phi) is 6.82. The molecular formula is C50H32N4. The third-order valence-corrected chi connectivity index (χ3v) is 10.7. The van der Waals surface area contributed by atoms with Crippen molar-refractivity contribution in [2.75, 3.05) is 0 Å². The van der Waals surface area contributed by atoms with Gasteiger partial charge in [-0.1, -0.05) is 140 Å². The highest BCUT2D eigenvalue weighted by Gasteiger charge is 2.21. The number of hydrogen-bond donors (Lipinski definition) is 0. The second-order valence-corrected chi connectivity index (χ2v) is 13.8. The standard InChI is InChI=1S/C50H32N4/c1-4-16-34(17-5-1)48-47-41-25-12-13-26-43(41)54(39-22-8-3-9-23-39)50(47)52-49(51-48)37-19-14-18-35(31-37)36-28-29-44-42(32-36)46-40-24-11-10-15-33(40)27-30-45(46)53(44)38-20-6-2-7-21-38/h1-32H. The Labute approximate surface area is 311 Å². The molecule has 0 aliphatic rings. The van der Waals surface area contributed by atoms with Crippen molar-refractivity contribution in [2.24, 2.45) is 0 Å². The highest BCUT2D eigenvalue weighted by atomic mass is 15.1. The summed E-state index contributed by atoms with van der Waals surface area (Å²) in [5, 5.41) is 7.16. The number of fused-ring (bicyclic) bond motifs is 8. The molecule has 0 aliphatic carbocycles. The number of rotatable bonds is 5. The molecule has 0 amide bonds. The van der Waals surface area contributed by atoms with Gasteiger partial charge in [0.2, 0.25) is 0 Å². The first kappa shape index (κ1) is 30.3. The molecule has 0 N–H and O–H groups in total. The van der Waals surface area contributed by atoms with Crippen LogP contribution in [0.5, 0.6) is 0 Å². The molecule has 252 valence electrons. The zero-order chi connectivity index (χ0) is 35.6. The molecule has 3 heterocycles. The molecule has 0 saturated heterocycles. The van der Waals surface area contributed by atoms with Crippen molar-refractivity contribution in [1.29, 1.82) is 0 Å². The van der Waals surface area contributed by atoms with Crippen LogP contribution in [0.1, 0.15) is 0 Å². The van der Waals surface area contributed by atoms with Gasteiger partial charge in [-0.15, -0.1) is 0 Å². The van der Waals surface area contributed by atoms with Crippen LogP contribution in [0.3, 0.4) is 0 Å². The predicted octanol–water partition coefficient (Wildman–Crippen LogP) is 12.8. The second kappa shape index (κ2) is 12.1. The minimum Gasteiger partial charge on any atom is -0.309 e. The summed E-state index contributed by atoms with van der Waals surface area (Å²) in [5.41, 5.74) is 11.8. The van der Waals surface area contributed by atoms with Crippen LogP contribution in [0.15, 0.2) is 194 Å². The maximum Gasteiger partial charge on any atom is 0.162 e. The van der Waals surface area contributed by atoms with E-state index in [1.54, 1.807) is 0 Å². The van der Waals surface area contributed by atoms with E-state index in [1.807, 2.05) is 0 Å². The van der Waals surface area contributed by atoms with Crippen LogP contribution in [0.25, 0.3) is 99.7 Å². The average molecular weight is 689 g/mol. The normalized spacial score (nSPS) is 11.7. The van der Waals surface area contributed by atoms with Crippen molar-refractivity contribution in [2.45, 2.75) is 0 Å². The summed E-state index contributed by atoms with van der Waals surface area (Å²) >= 11 is 0. The van der Waals surface area contributed by atoms with Gasteiger partial charge in [0.25, 0.3) is 0 Å². The molecule has 0 fully saturated rings. The number of benzene rings is 8. The molecule has 0 spiro atoms. The van der Waals surface area contributed by atoms with Crippen LogP contribution in [0.2, 0.25) is 0 Å². The second-order valence-electron chi connectivity index (χ2n) is 13.8. The average Bonchev–Trinajstić information content (AvgIpc) is 3.77. The Morgan fingerprint density at radius 3 is 1.72 bits per heavy atom. The largest absolute Gasteiger partial charge is 0.309 e. The van der Waals surface area contributed by atoms with E-state index in [0.717, 1.165) is 61.3 Å².